The number of hydrogen-bond acceptors (Lipinski definition) is 5. The zero-order chi connectivity index (χ0) is 12.3. The maximum atomic E-state index is 12.6. The van der Waals surface area contributed by atoms with Gasteiger partial charge in [0.25, 0.3) is 6.43 Å². The van der Waals surface area contributed by atoms with E-state index in [1.807, 2.05) is 0 Å². The molecule has 1 rings (SSSR count). The number of halogens is 2. The lowest BCUT2D eigenvalue weighted by Gasteiger charge is -2.11. The second-order valence-corrected chi connectivity index (χ2v) is 2.97. The highest BCUT2D eigenvalue weighted by molar-refractivity contribution is 5.75. The van der Waals surface area contributed by atoms with Gasteiger partial charge in [0.05, 0.1) is 25.3 Å². The number of aromatic nitrogens is 1. The molecular formula is C9H10F2N2O3. The maximum Gasteiger partial charge on any atom is 0.310 e. The van der Waals surface area contributed by atoms with Crippen LogP contribution in [0.1, 0.15) is 17.6 Å². The largest absolute Gasteiger partial charge is 0.506 e. The molecule has 0 fully saturated rings. The monoisotopic (exact) mass is 232 g/mol. The SMILES string of the molecule is COC(=O)Cc1c(N)ncc(O)c1C(F)F. The van der Waals surface area contributed by atoms with Gasteiger partial charge in [-0.2, -0.15) is 0 Å². The van der Waals surface area contributed by atoms with Crippen LogP contribution in [0.25, 0.3) is 0 Å². The molecule has 1 aromatic rings. The molecule has 0 aromatic carbocycles. The van der Waals surface area contributed by atoms with Crippen LogP contribution < -0.4 is 5.73 Å². The van der Waals surface area contributed by atoms with E-state index in [1.165, 1.54) is 0 Å². The van der Waals surface area contributed by atoms with E-state index < -0.39 is 30.1 Å². The minimum atomic E-state index is -2.94. The molecule has 0 radical (unpaired) electrons. The smallest absolute Gasteiger partial charge is 0.310 e. The molecule has 0 saturated carbocycles. The van der Waals surface area contributed by atoms with E-state index in [0.717, 1.165) is 13.3 Å². The Hall–Kier alpha value is -1.92. The van der Waals surface area contributed by atoms with Crippen LogP contribution in [-0.4, -0.2) is 23.2 Å². The number of alkyl halides is 2. The van der Waals surface area contributed by atoms with Crippen molar-refractivity contribution in [1.29, 1.82) is 0 Å². The second-order valence-electron chi connectivity index (χ2n) is 2.97. The summed E-state index contributed by atoms with van der Waals surface area (Å²) in [6, 6.07) is 0. The molecule has 0 atom stereocenters. The van der Waals surface area contributed by atoms with Gasteiger partial charge in [-0.1, -0.05) is 0 Å². The van der Waals surface area contributed by atoms with Gasteiger partial charge in [-0.05, 0) is 0 Å². The van der Waals surface area contributed by atoms with Crippen LogP contribution in [0.15, 0.2) is 6.20 Å². The van der Waals surface area contributed by atoms with Gasteiger partial charge in [0.15, 0.2) is 0 Å². The number of nitrogens with zero attached hydrogens (tertiary/aromatic N) is 1. The van der Waals surface area contributed by atoms with Crippen molar-refractivity contribution in [2.24, 2.45) is 0 Å². The fourth-order valence-corrected chi connectivity index (χ4v) is 1.22. The molecule has 0 aliphatic carbocycles. The van der Waals surface area contributed by atoms with Crippen LogP contribution in [0, 0.1) is 0 Å². The fraction of sp³-hybridized carbons (Fsp3) is 0.333. The summed E-state index contributed by atoms with van der Waals surface area (Å²) in [5.74, 6) is -1.65. The maximum absolute atomic E-state index is 12.6. The van der Waals surface area contributed by atoms with E-state index in [-0.39, 0.29) is 11.4 Å². The molecule has 88 valence electrons. The number of methoxy groups -OCH3 is 1. The Morgan fingerprint density at radius 3 is 2.81 bits per heavy atom. The van der Waals surface area contributed by atoms with Crippen LogP contribution in [0.3, 0.4) is 0 Å². The molecular weight excluding hydrogens is 222 g/mol. The normalized spacial score (nSPS) is 10.5. The number of carbonyl (C=O) groups excluding carboxylic acids is 1. The minimum Gasteiger partial charge on any atom is -0.506 e. The first-order valence-electron chi connectivity index (χ1n) is 4.28. The standard InChI is InChI=1S/C9H10F2N2O3/c1-16-6(15)2-4-7(8(10)11)5(14)3-13-9(4)12/h3,8,14H,2H2,1H3,(H2,12,13). The summed E-state index contributed by atoms with van der Waals surface area (Å²) in [6.07, 6.45) is -2.58. The average Bonchev–Trinajstić information content (AvgIpc) is 2.22. The Morgan fingerprint density at radius 1 is 1.69 bits per heavy atom. The number of pyridine rings is 1. The van der Waals surface area contributed by atoms with Crippen LogP contribution in [0.5, 0.6) is 5.75 Å². The molecule has 1 aromatic heterocycles. The number of esters is 1. The lowest BCUT2D eigenvalue weighted by atomic mass is 10.1. The van der Waals surface area contributed by atoms with Crippen molar-refractivity contribution in [3.8, 4) is 5.75 Å². The number of nitrogens with two attached hydrogens (primary N) is 1. The van der Waals surface area contributed by atoms with Crippen LogP contribution in [0.2, 0.25) is 0 Å². The number of aromatic hydroxyl groups is 1. The highest BCUT2D eigenvalue weighted by Crippen LogP contribution is 2.33. The van der Waals surface area contributed by atoms with Gasteiger partial charge in [-0.25, -0.2) is 13.8 Å². The number of ether oxygens (including phenoxy) is 1. The van der Waals surface area contributed by atoms with Crippen molar-refractivity contribution < 1.29 is 23.4 Å². The predicted molar refractivity (Wildman–Crippen MR) is 51.0 cm³/mol. The van der Waals surface area contributed by atoms with Gasteiger partial charge in [-0.3, -0.25) is 4.79 Å². The van der Waals surface area contributed by atoms with E-state index >= 15 is 0 Å². The molecule has 3 N–H and O–H groups in total. The number of rotatable bonds is 3. The molecule has 0 bridgehead atoms. The van der Waals surface area contributed by atoms with Crippen molar-refractivity contribution in [2.75, 3.05) is 12.8 Å². The quantitative estimate of drug-likeness (QED) is 0.760. The molecule has 7 heteroatoms. The Kier molecular flexibility index (Phi) is 3.60. The van der Waals surface area contributed by atoms with Crippen LogP contribution in [-0.2, 0) is 16.0 Å². The lowest BCUT2D eigenvalue weighted by Crippen LogP contribution is -2.11. The van der Waals surface area contributed by atoms with Crippen molar-refractivity contribution in [2.45, 2.75) is 12.8 Å². The summed E-state index contributed by atoms with van der Waals surface area (Å²) >= 11 is 0. The number of nitrogen functional groups attached to an aromatic ring is 1. The van der Waals surface area contributed by atoms with E-state index in [4.69, 9.17) is 5.73 Å². The Balaban J connectivity index is 3.23. The molecule has 5 nitrogen and oxygen atoms in total. The number of carbonyl (C=O) groups is 1. The minimum absolute atomic E-state index is 0.207. The predicted octanol–water partition coefficient (Wildman–Crippen LogP) is 1.02. The molecule has 0 aliphatic rings. The molecule has 0 unspecified atom stereocenters. The summed E-state index contributed by atoms with van der Waals surface area (Å²) in [5, 5.41) is 9.22. The molecule has 0 aliphatic heterocycles. The highest BCUT2D eigenvalue weighted by Gasteiger charge is 2.22. The Morgan fingerprint density at radius 2 is 2.31 bits per heavy atom. The van der Waals surface area contributed by atoms with E-state index in [2.05, 4.69) is 9.72 Å². The Bertz CT molecular complexity index is 410. The number of hydrogen-bond donors (Lipinski definition) is 2. The highest BCUT2D eigenvalue weighted by atomic mass is 19.3. The second kappa shape index (κ2) is 4.73. The van der Waals surface area contributed by atoms with Gasteiger partial charge in [0.2, 0.25) is 0 Å². The van der Waals surface area contributed by atoms with Crippen molar-refractivity contribution in [1.82, 2.24) is 4.98 Å². The van der Waals surface area contributed by atoms with Gasteiger partial charge in [0.1, 0.15) is 11.6 Å². The Labute approximate surface area is 89.9 Å². The zero-order valence-electron chi connectivity index (χ0n) is 8.41. The number of anilines is 1. The summed E-state index contributed by atoms with van der Waals surface area (Å²) in [6.45, 7) is 0. The average molecular weight is 232 g/mol. The molecule has 0 saturated heterocycles. The van der Waals surface area contributed by atoms with Crippen LogP contribution >= 0.6 is 0 Å². The van der Waals surface area contributed by atoms with E-state index in [1.54, 1.807) is 0 Å². The summed E-state index contributed by atoms with van der Waals surface area (Å²) in [5.41, 5.74) is 4.48. The third-order valence-electron chi connectivity index (χ3n) is 2.00. The fourth-order valence-electron chi connectivity index (χ4n) is 1.22. The van der Waals surface area contributed by atoms with E-state index in [0.29, 0.717) is 0 Å². The van der Waals surface area contributed by atoms with Crippen molar-refractivity contribution in [3.63, 3.8) is 0 Å². The third-order valence-corrected chi connectivity index (χ3v) is 2.00. The molecule has 16 heavy (non-hydrogen) atoms. The first-order chi connectivity index (χ1) is 7.47. The van der Waals surface area contributed by atoms with Gasteiger partial charge < -0.3 is 15.6 Å². The van der Waals surface area contributed by atoms with Crippen LogP contribution in [0.4, 0.5) is 14.6 Å². The lowest BCUT2D eigenvalue weighted by molar-refractivity contribution is -0.139. The van der Waals surface area contributed by atoms with Gasteiger partial charge in [-0.15, -0.1) is 0 Å². The summed E-state index contributed by atoms with van der Waals surface area (Å²) in [4.78, 5) is 14.5. The van der Waals surface area contributed by atoms with Crippen molar-refractivity contribution in [3.05, 3.63) is 17.3 Å². The molecule has 0 amide bonds. The molecule has 0 spiro atoms. The van der Waals surface area contributed by atoms with Gasteiger partial charge in [0, 0.05) is 5.56 Å². The topological polar surface area (TPSA) is 85.4 Å². The summed E-state index contributed by atoms with van der Waals surface area (Å²) < 4.78 is 29.6. The van der Waals surface area contributed by atoms with Crippen molar-refractivity contribution >= 4 is 11.8 Å². The van der Waals surface area contributed by atoms with E-state index in [9.17, 15) is 18.7 Å². The zero-order valence-corrected chi connectivity index (χ0v) is 8.41. The first kappa shape index (κ1) is 12.2. The van der Waals surface area contributed by atoms with Gasteiger partial charge >= 0.3 is 5.97 Å². The summed E-state index contributed by atoms with van der Waals surface area (Å²) in [7, 11) is 1.12. The third kappa shape index (κ3) is 2.36. The first-order valence-corrected chi connectivity index (χ1v) is 4.28. The molecule has 1 heterocycles.